The maximum atomic E-state index is 14.4. The molecule has 0 bridgehead atoms. The second-order valence-electron chi connectivity index (χ2n) is 12.3. The van der Waals surface area contributed by atoms with Crippen molar-refractivity contribution in [2.75, 3.05) is 33.7 Å². The summed E-state index contributed by atoms with van der Waals surface area (Å²) in [6, 6.07) is 29.1. The predicted octanol–water partition coefficient (Wildman–Crippen LogP) is 4.08. The van der Waals surface area contributed by atoms with Crippen LogP contribution in [-0.4, -0.2) is 94.6 Å². The van der Waals surface area contributed by atoms with Crippen LogP contribution in [0.3, 0.4) is 0 Å². The molecule has 5 amide bonds. The molecule has 6 rings (SSSR count). The van der Waals surface area contributed by atoms with E-state index in [4.69, 9.17) is 11.2 Å². The molecule has 1 N–H and O–H groups in total. The Labute approximate surface area is 285 Å². The van der Waals surface area contributed by atoms with E-state index < -0.39 is 24.3 Å². The van der Waals surface area contributed by atoms with Gasteiger partial charge in [0.15, 0.2) is 0 Å². The van der Waals surface area contributed by atoms with E-state index in [9.17, 15) is 19.2 Å². The Morgan fingerprint density at radius 2 is 1.63 bits per heavy atom. The van der Waals surface area contributed by atoms with Gasteiger partial charge in [-0.2, -0.15) is 5.01 Å². The van der Waals surface area contributed by atoms with Gasteiger partial charge in [-0.1, -0.05) is 90.8 Å². The Balaban J connectivity index is 1.30. The molecule has 0 aliphatic carbocycles. The lowest BCUT2D eigenvalue weighted by Gasteiger charge is -2.46. The van der Waals surface area contributed by atoms with Crippen molar-refractivity contribution in [3.8, 4) is 18.1 Å². The van der Waals surface area contributed by atoms with Crippen molar-refractivity contribution in [2.24, 2.45) is 0 Å². The van der Waals surface area contributed by atoms with Gasteiger partial charge >= 0.3 is 12.1 Å². The number of carbonyl (C=O) groups is 4. The van der Waals surface area contributed by atoms with Gasteiger partial charge in [-0.25, -0.2) is 14.6 Å². The van der Waals surface area contributed by atoms with E-state index in [1.54, 1.807) is 53.2 Å². The maximum Gasteiger partial charge on any atom is 0.414 e. The topological polar surface area (TPSA) is 106 Å². The summed E-state index contributed by atoms with van der Waals surface area (Å²) in [7, 11) is 3.19. The van der Waals surface area contributed by atoms with Crippen molar-refractivity contribution in [2.45, 2.75) is 31.7 Å². The first-order valence-electron chi connectivity index (χ1n) is 16.1. The second-order valence-corrected chi connectivity index (χ2v) is 12.3. The number of carbonyl (C=O) groups excluding carboxylic acids is 4. The van der Waals surface area contributed by atoms with Crippen molar-refractivity contribution in [1.82, 2.24) is 30.0 Å². The number of hydrogen-bond acceptors (Lipinski definition) is 6. The van der Waals surface area contributed by atoms with Crippen LogP contribution in [0.15, 0.2) is 97.1 Å². The zero-order chi connectivity index (χ0) is 34.5. The lowest BCUT2D eigenvalue weighted by Crippen LogP contribution is -2.66. The molecule has 49 heavy (non-hydrogen) atoms. The van der Waals surface area contributed by atoms with Gasteiger partial charge in [0.1, 0.15) is 18.0 Å². The van der Waals surface area contributed by atoms with Crippen LogP contribution in [0.25, 0.3) is 10.8 Å². The standard InChI is InChI=1S/C38H38N6O5/c1-4-21-42(37(47)39-23-28-11-6-5-7-12-28)43-26-35(45)44-33(22-27-17-19-31(20-18-27)49-38(48)40(2)3)36(46)41(25-34(43)44)24-30-15-10-14-29-13-8-9-16-32(29)30/h1,5-20,33-34H,21-26H2,2-3H3,(H,39,47)/t33-,34+/m0/s1. The lowest BCUT2D eigenvalue weighted by molar-refractivity contribution is -0.157. The highest BCUT2D eigenvalue weighted by Crippen LogP contribution is 2.31. The lowest BCUT2D eigenvalue weighted by atomic mass is 9.99. The Bertz CT molecular complexity index is 1890. The highest BCUT2D eigenvalue weighted by atomic mass is 16.6. The van der Waals surface area contributed by atoms with Crippen LogP contribution in [0, 0.1) is 12.3 Å². The molecule has 0 radical (unpaired) electrons. The average Bonchev–Trinajstić information content (AvgIpc) is 3.44. The van der Waals surface area contributed by atoms with E-state index >= 15 is 0 Å². The third-order valence-electron chi connectivity index (χ3n) is 8.80. The number of fused-ring (bicyclic) bond motifs is 2. The van der Waals surface area contributed by atoms with Crippen molar-refractivity contribution in [1.29, 1.82) is 0 Å². The predicted molar refractivity (Wildman–Crippen MR) is 185 cm³/mol. The highest BCUT2D eigenvalue weighted by Gasteiger charge is 2.52. The molecule has 4 aromatic carbocycles. The molecule has 0 saturated carbocycles. The Morgan fingerprint density at radius 3 is 2.37 bits per heavy atom. The molecule has 2 saturated heterocycles. The molecule has 250 valence electrons. The minimum absolute atomic E-state index is 0.0622. The van der Waals surface area contributed by atoms with Crippen LogP contribution in [0.1, 0.15) is 16.7 Å². The molecule has 2 heterocycles. The number of urea groups is 1. The monoisotopic (exact) mass is 658 g/mol. The first-order chi connectivity index (χ1) is 23.7. The first kappa shape index (κ1) is 33.1. The molecule has 0 unspecified atom stereocenters. The highest BCUT2D eigenvalue weighted by molar-refractivity contribution is 5.92. The van der Waals surface area contributed by atoms with E-state index in [0.29, 0.717) is 12.3 Å². The Morgan fingerprint density at radius 1 is 0.918 bits per heavy atom. The van der Waals surface area contributed by atoms with Crippen LogP contribution in [0.2, 0.25) is 0 Å². The van der Waals surface area contributed by atoms with Gasteiger partial charge in [0, 0.05) is 33.6 Å². The van der Waals surface area contributed by atoms with Gasteiger partial charge in [0.2, 0.25) is 11.8 Å². The van der Waals surface area contributed by atoms with Crippen molar-refractivity contribution in [3.63, 3.8) is 0 Å². The smallest absolute Gasteiger partial charge is 0.410 e. The number of ether oxygens (including phenoxy) is 1. The van der Waals surface area contributed by atoms with Gasteiger partial charge in [0.25, 0.3) is 0 Å². The van der Waals surface area contributed by atoms with Gasteiger partial charge in [-0.3, -0.25) is 9.59 Å². The molecule has 2 atom stereocenters. The third kappa shape index (κ3) is 7.20. The van der Waals surface area contributed by atoms with Crippen LogP contribution < -0.4 is 10.1 Å². The number of benzene rings is 4. The number of rotatable bonds is 9. The summed E-state index contributed by atoms with van der Waals surface area (Å²) in [4.78, 5) is 58.5. The van der Waals surface area contributed by atoms with Gasteiger partial charge in [-0.15, -0.1) is 6.42 Å². The first-order valence-corrected chi connectivity index (χ1v) is 16.1. The van der Waals surface area contributed by atoms with Gasteiger partial charge in [0.05, 0.1) is 19.6 Å². The minimum Gasteiger partial charge on any atom is -0.410 e. The van der Waals surface area contributed by atoms with E-state index in [1.165, 1.54) is 9.91 Å². The molecule has 0 spiro atoms. The molecule has 2 fully saturated rings. The molecule has 4 aromatic rings. The summed E-state index contributed by atoms with van der Waals surface area (Å²) in [6.45, 7) is 0.601. The number of hydrogen-bond donors (Lipinski definition) is 1. The molecule has 0 aromatic heterocycles. The van der Waals surface area contributed by atoms with Crippen LogP contribution in [0.5, 0.6) is 5.75 Å². The zero-order valence-electron chi connectivity index (χ0n) is 27.5. The number of piperazine rings is 1. The fourth-order valence-corrected chi connectivity index (χ4v) is 6.37. The van der Waals surface area contributed by atoms with E-state index in [1.807, 2.05) is 72.8 Å². The van der Waals surface area contributed by atoms with E-state index in [0.717, 1.165) is 27.5 Å². The van der Waals surface area contributed by atoms with Crippen LogP contribution in [0.4, 0.5) is 9.59 Å². The fraction of sp³-hybridized carbons (Fsp3) is 0.263. The van der Waals surface area contributed by atoms with E-state index in [2.05, 4.69) is 11.2 Å². The summed E-state index contributed by atoms with van der Waals surface area (Å²) < 4.78 is 5.36. The van der Waals surface area contributed by atoms with Gasteiger partial charge in [-0.05, 0) is 39.6 Å². The number of hydrazine groups is 1. The zero-order valence-corrected chi connectivity index (χ0v) is 27.5. The van der Waals surface area contributed by atoms with Crippen molar-refractivity contribution in [3.05, 3.63) is 114 Å². The normalized spacial score (nSPS) is 17.4. The molecule has 11 heteroatoms. The largest absolute Gasteiger partial charge is 0.414 e. The molecular weight excluding hydrogens is 620 g/mol. The molecule has 2 aliphatic rings. The summed E-state index contributed by atoms with van der Waals surface area (Å²) in [5.41, 5.74) is 2.67. The molecule has 11 nitrogen and oxygen atoms in total. The SMILES string of the molecule is C#CCN(C(=O)NCc1ccccc1)N1CC(=O)N2[C@@H](Cc3ccc(OC(=O)N(C)C)cc3)C(=O)N(Cc3cccc4ccccc34)C[C@@H]21. The van der Waals surface area contributed by atoms with E-state index in [-0.39, 0.29) is 44.4 Å². The van der Waals surface area contributed by atoms with Crippen molar-refractivity contribution >= 4 is 34.7 Å². The number of nitrogens with one attached hydrogen (secondary N) is 1. The number of terminal acetylenes is 1. The van der Waals surface area contributed by atoms with Crippen LogP contribution in [-0.2, 0) is 29.1 Å². The third-order valence-corrected chi connectivity index (χ3v) is 8.80. The van der Waals surface area contributed by atoms with Crippen molar-refractivity contribution < 1.29 is 23.9 Å². The summed E-state index contributed by atoms with van der Waals surface area (Å²) in [6.07, 6.45) is 4.82. The maximum absolute atomic E-state index is 14.4. The fourth-order valence-electron chi connectivity index (χ4n) is 6.37. The number of amides is 5. The molecule has 2 aliphatic heterocycles. The number of nitrogens with zero attached hydrogens (tertiary/aromatic N) is 5. The van der Waals surface area contributed by atoms with Crippen LogP contribution >= 0.6 is 0 Å². The summed E-state index contributed by atoms with van der Waals surface area (Å²) in [5, 5.41) is 8.10. The molecular formula is C38H38N6O5. The Hall–Kier alpha value is -5.86. The minimum atomic E-state index is -0.846. The quantitative estimate of drug-likeness (QED) is 0.272. The van der Waals surface area contributed by atoms with Gasteiger partial charge < -0.3 is 24.8 Å². The average molecular weight is 659 g/mol. The Kier molecular flexibility index (Phi) is 9.78. The second kappa shape index (κ2) is 14.5. The summed E-state index contributed by atoms with van der Waals surface area (Å²) >= 11 is 0. The summed E-state index contributed by atoms with van der Waals surface area (Å²) in [5.74, 6) is 2.46.